The van der Waals surface area contributed by atoms with Gasteiger partial charge in [-0.2, -0.15) is 4.99 Å². The summed E-state index contributed by atoms with van der Waals surface area (Å²) >= 11 is 0. The zero-order valence-corrected chi connectivity index (χ0v) is 13.7. The molecule has 2 aromatic rings. The first kappa shape index (κ1) is 15.9. The zero-order valence-electron chi connectivity index (χ0n) is 13.7. The number of aliphatic imine (C=N–C) groups is 2. The van der Waals surface area contributed by atoms with Gasteiger partial charge in [0.25, 0.3) is 5.91 Å². The quantitative estimate of drug-likeness (QED) is 0.901. The second-order valence-electron chi connectivity index (χ2n) is 5.90. The van der Waals surface area contributed by atoms with Crippen molar-refractivity contribution in [3.8, 4) is 0 Å². The topological polar surface area (TPSA) is 95.6 Å². The van der Waals surface area contributed by atoms with Gasteiger partial charge in [0.05, 0.1) is 5.56 Å². The molecular weight excluding hydrogens is 334 g/mol. The Labute approximate surface area is 148 Å². The highest BCUT2D eigenvalue weighted by Crippen LogP contribution is 2.18. The van der Waals surface area contributed by atoms with E-state index >= 15 is 0 Å². The first-order valence-corrected chi connectivity index (χ1v) is 8.13. The number of nitrogens with one attached hydrogen (secondary N) is 1. The number of carbonyl (C=O) groups excluding carboxylic acids is 3. The Morgan fingerprint density at radius 3 is 3.00 bits per heavy atom. The van der Waals surface area contributed by atoms with E-state index in [9.17, 15) is 14.4 Å². The molecule has 4 heterocycles. The molecule has 2 aliphatic rings. The zero-order chi connectivity index (χ0) is 18.1. The van der Waals surface area contributed by atoms with Crippen LogP contribution in [-0.2, 0) is 4.79 Å². The molecule has 1 atom stereocenters. The first-order valence-electron chi connectivity index (χ1n) is 8.13. The second-order valence-corrected chi connectivity index (χ2v) is 5.90. The number of fused-ring (bicyclic) bond motifs is 2. The molecule has 1 unspecified atom stereocenters. The number of nitrogens with zero attached hydrogens (tertiary/aromatic N) is 4. The molecule has 8 nitrogen and oxygen atoms in total. The van der Waals surface area contributed by atoms with Gasteiger partial charge in [-0.15, -0.1) is 0 Å². The van der Waals surface area contributed by atoms with Crippen LogP contribution < -0.4 is 5.32 Å². The van der Waals surface area contributed by atoms with Crippen molar-refractivity contribution in [3.05, 3.63) is 54.4 Å². The maximum absolute atomic E-state index is 12.4. The fraction of sp³-hybridized carbons (Fsp3) is 0.167. The van der Waals surface area contributed by atoms with Crippen molar-refractivity contribution in [1.29, 1.82) is 0 Å². The number of allylic oxidation sites excluding steroid dienone is 1. The van der Waals surface area contributed by atoms with Crippen molar-refractivity contribution in [2.45, 2.75) is 0 Å². The summed E-state index contributed by atoms with van der Waals surface area (Å²) in [6.07, 6.45) is 8.37. The maximum Gasteiger partial charge on any atom is 0.352 e. The van der Waals surface area contributed by atoms with E-state index in [1.54, 1.807) is 24.4 Å². The molecule has 2 aromatic heterocycles. The summed E-state index contributed by atoms with van der Waals surface area (Å²) in [6, 6.07) is 6.78. The largest absolute Gasteiger partial charge is 0.352 e. The van der Waals surface area contributed by atoms with Crippen LogP contribution in [-0.4, -0.2) is 52.3 Å². The highest BCUT2D eigenvalue weighted by molar-refractivity contribution is 6.19. The monoisotopic (exact) mass is 349 g/mol. The van der Waals surface area contributed by atoms with Gasteiger partial charge < -0.3 is 9.72 Å². The van der Waals surface area contributed by atoms with Gasteiger partial charge in [0, 0.05) is 37.2 Å². The summed E-state index contributed by atoms with van der Waals surface area (Å²) in [7, 11) is 0. The van der Waals surface area contributed by atoms with E-state index < -0.39 is 11.9 Å². The van der Waals surface area contributed by atoms with Gasteiger partial charge in [0.2, 0.25) is 5.91 Å². The predicted octanol–water partition coefficient (Wildman–Crippen LogP) is 1.29. The van der Waals surface area contributed by atoms with Crippen LogP contribution in [0.5, 0.6) is 0 Å². The molecule has 4 amide bonds. The van der Waals surface area contributed by atoms with Crippen LogP contribution in [0.3, 0.4) is 0 Å². The Morgan fingerprint density at radius 2 is 2.15 bits per heavy atom. The summed E-state index contributed by atoms with van der Waals surface area (Å²) < 4.78 is 1.85. The normalized spacial score (nSPS) is 18.8. The van der Waals surface area contributed by atoms with Crippen LogP contribution in [0.15, 0.2) is 58.8 Å². The number of aromatic nitrogens is 1. The van der Waals surface area contributed by atoms with Crippen molar-refractivity contribution < 1.29 is 14.4 Å². The van der Waals surface area contributed by atoms with Crippen LogP contribution in [0.1, 0.15) is 10.4 Å². The molecule has 26 heavy (non-hydrogen) atoms. The van der Waals surface area contributed by atoms with E-state index in [-0.39, 0.29) is 30.7 Å². The Bertz CT molecular complexity index is 968. The molecule has 0 bridgehead atoms. The smallest absolute Gasteiger partial charge is 0.350 e. The summed E-state index contributed by atoms with van der Waals surface area (Å²) in [6.45, 7) is 0.203. The average molecular weight is 349 g/mol. The Kier molecular flexibility index (Phi) is 3.92. The van der Waals surface area contributed by atoms with E-state index in [1.165, 1.54) is 6.21 Å². The van der Waals surface area contributed by atoms with Crippen LogP contribution in [0, 0.1) is 5.92 Å². The fourth-order valence-corrected chi connectivity index (χ4v) is 2.93. The summed E-state index contributed by atoms with van der Waals surface area (Å²) in [5, 5.41) is 2.73. The number of dihydropyridines is 1. The van der Waals surface area contributed by atoms with Gasteiger partial charge in [-0.05, 0) is 24.3 Å². The Hall–Kier alpha value is -3.55. The van der Waals surface area contributed by atoms with Crippen LogP contribution in [0.25, 0.3) is 5.52 Å². The maximum atomic E-state index is 12.4. The molecule has 0 saturated carbocycles. The molecule has 130 valence electrons. The third-order valence-corrected chi connectivity index (χ3v) is 4.24. The van der Waals surface area contributed by atoms with Gasteiger partial charge >= 0.3 is 6.03 Å². The summed E-state index contributed by atoms with van der Waals surface area (Å²) in [5.74, 6) is -1.07. The Balaban J connectivity index is 1.39. The van der Waals surface area contributed by atoms with E-state index in [1.807, 2.05) is 28.8 Å². The van der Waals surface area contributed by atoms with Gasteiger partial charge in [-0.1, -0.05) is 12.1 Å². The van der Waals surface area contributed by atoms with Crippen LogP contribution in [0.2, 0.25) is 0 Å². The third-order valence-electron chi connectivity index (χ3n) is 4.24. The fourth-order valence-electron chi connectivity index (χ4n) is 2.93. The number of amidine groups is 1. The van der Waals surface area contributed by atoms with E-state index in [4.69, 9.17) is 0 Å². The second kappa shape index (κ2) is 6.40. The van der Waals surface area contributed by atoms with Crippen molar-refractivity contribution >= 4 is 35.4 Å². The van der Waals surface area contributed by atoms with Crippen molar-refractivity contribution in [2.24, 2.45) is 15.9 Å². The average Bonchev–Trinajstić information content (AvgIpc) is 3.08. The van der Waals surface area contributed by atoms with Crippen molar-refractivity contribution in [3.63, 3.8) is 0 Å². The minimum atomic E-state index is -0.655. The van der Waals surface area contributed by atoms with Gasteiger partial charge in [0.1, 0.15) is 11.8 Å². The lowest BCUT2D eigenvalue weighted by Gasteiger charge is -2.27. The molecule has 2 aliphatic heterocycles. The lowest BCUT2D eigenvalue weighted by molar-refractivity contribution is -0.129. The standard InChI is InChI=1S/C18H15N5O3/c24-16(12-10-13-4-1-2-8-22(13)11-12)20-7-9-23-17(25)14-5-3-6-19-15(14)21-18(23)26/h1-6,8,10-11,14H,7,9H2,(H,20,24). The molecule has 8 heteroatoms. The summed E-state index contributed by atoms with van der Waals surface area (Å²) in [5.41, 5.74) is 1.42. The SMILES string of the molecule is O=C(NCCN1C(=O)N=C2N=CC=CC2C1=O)c1cc2ccccn2c1. The van der Waals surface area contributed by atoms with Crippen LogP contribution >= 0.6 is 0 Å². The number of hydrogen-bond donors (Lipinski definition) is 1. The van der Waals surface area contributed by atoms with Crippen molar-refractivity contribution in [2.75, 3.05) is 13.1 Å². The number of rotatable bonds is 4. The molecule has 0 saturated heterocycles. The van der Waals surface area contributed by atoms with Gasteiger partial charge in [-0.3, -0.25) is 14.5 Å². The van der Waals surface area contributed by atoms with E-state index in [0.29, 0.717) is 5.56 Å². The van der Waals surface area contributed by atoms with Gasteiger partial charge in [0.15, 0.2) is 0 Å². The van der Waals surface area contributed by atoms with Crippen molar-refractivity contribution in [1.82, 2.24) is 14.6 Å². The molecular formula is C18H15N5O3. The molecule has 0 radical (unpaired) electrons. The number of imide groups is 1. The lowest BCUT2D eigenvalue weighted by atomic mass is 10.0. The first-order chi connectivity index (χ1) is 12.6. The molecule has 0 fully saturated rings. The number of urea groups is 1. The molecule has 0 aliphatic carbocycles. The van der Waals surface area contributed by atoms with Gasteiger partial charge in [-0.25, -0.2) is 9.79 Å². The number of pyridine rings is 1. The molecule has 0 spiro atoms. The minimum absolute atomic E-state index is 0.0572. The Morgan fingerprint density at radius 1 is 1.27 bits per heavy atom. The third kappa shape index (κ3) is 2.81. The predicted molar refractivity (Wildman–Crippen MR) is 95.4 cm³/mol. The van der Waals surface area contributed by atoms with E-state index in [0.717, 1.165) is 10.4 Å². The van der Waals surface area contributed by atoms with E-state index in [2.05, 4.69) is 15.3 Å². The minimum Gasteiger partial charge on any atom is -0.350 e. The highest BCUT2D eigenvalue weighted by atomic mass is 16.2. The lowest BCUT2D eigenvalue weighted by Crippen LogP contribution is -2.48. The summed E-state index contributed by atoms with van der Waals surface area (Å²) in [4.78, 5) is 45.5. The number of hydrogen-bond acceptors (Lipinski definition) is 4. The molecule has 0 aromatic carbocycles. The van der Waals surface area contributed by atoms with Crippen LogP contribution in [0.4, 0.5) is 4.79 Å². The molecule has 4 rings (SSSR count). The number of amides is 4. The number of carbonyl (C=O) groups is 3. The molecule has 1 N–H and O–H groups in total. The highest BCUT2D eigenvalue weighted by Gasteiger charge is 2.36.